The number of aromatic nitrogens is 2. The highest BCUT2D eigenvalue weighted by molar-refractivity contribution is 7.98. The number of nitrogen functional groups attached to an aromatic ring is 1. The van der Waals surface area contributed by atoms with Crippen molar-refractivity contribution in [1.29, 1.82) is 0 Å². The van der Waals surface area contributed by atoms with Crippen molar-refractivity contribution in [2.75, 3.05) is 5.73 Å². The number of benzene rings is 1. The van der Waals surface area contributed by atoms with E-state index in [1.54, 1.807) is 11.8 Å². The zero-order valence-corrected chi connectivity index (χ0v) is 12.0. The van der Waals surface area contributed by atoms with E-state index in [-0.39, 0.29) is 0 Å². The number of rotatable bonds is 4. The molecule has 0 bridgehead atoms. The third-order valence-corrected chi connectivity index (χ3v) is 3.91. The molecule has 96 valence electrons. The number of hydrogen-bond donors (Lipinski definition) is 1. The summed E-state index contributed by atoms with van der Waals surface area (Å²) in [5.74, 6) is 0.833. The minimum Gasteiger partial charge on any atom is -0.398 e. The minimum atomic E-state index is 0.398. The normalized spacial score (nSPS) is 11.1. The first-order chi connectivity index (χ1) is 8.56. The fourth-order valence-corrected chi connectivity index (χ4v) is 2.58. The maximum absolute atomic E-state index is 5.98. The molecule has 18 heavy (non-hydrogen) atoms. The molecule has 1 heterocycles. The number of halogens is 1. The second-order valence-corrected chi connectivity index (χ2v) is 5.81. The van der Waals surface area contributed by atoms with Crippen molar-refractivity contribution >= 4 is 29.1 Å². The van der Waals surface area contributed by atoms with Crippen LogP contribution >= 0.6 is 23.4 Å². The predicted octanol–water partition coefficient (Wildman–Crippen LogP) is 3.99. The van der Waals surface area contributed by atoms with E-state index >= 15 is 0 Å². The van der Waals surface area contributed by atoms with Gasteiger partial charge in [-0.15, -0.1) is 11.8 Å². The van der Waals surface area contributed by atoms with E-state index in [9.17, 15) is 0 Å². The van der Waals surface area contributed by atoms with Gasteiger partial charge in [0.05, 0.1) is 16.4 Å². The summed E-state index contributed by atoms with van der Waals surface area (Å²) in [5, 5.41) is 5.11. The standard InChI is InChI=1S/C13H16ClN3S/c1-9(2)17-6-5-10(16-17)8-18-11-3-4-13(15)12(14)7-11/h3-7,9H,8,15H2,1-2H3. The Labute approximate surface area is 116 Å². The molecule has 0 saturated carbocycles. The smallest absolute Gasteiger partial charge is 0.0727 e. The summed E-state index contributed by atoms with van der Waals surface area (Å²) in [6.07, 6.45) is 2.01. The number of nitrogens with two attached hydrogens (primary N) is 1. The molecule has 0 aliphatic carbocycles. The third kappa shape index (κ3) is 3.21. The van der Waals surface area contributed by atoms with Gasteiger partial charge in [-0.3, -0.25) is 4.68 Å². The van der Waals surface area contributed by atoms with Crippen LogP contribution in [0, 0.1) is 0 Å². The molecule has 0 aliphatic heterocycles. The average molecular weight is 282 g/mol. The topological polar surface area (TPSA) is 43.8 Å². The van der Waals surface area contributed by atoms with Crippen LogP contribution in [0.4, 0.5) is 5.69 Å². The highest BCUT2D eigenvalue weighted by Gasteiger charge is 2.04. The summed E-state index contributed by atoms with van der Waals surface area (Å²) in [7, 11) is 0. The molecule has 5 heteroatoms. The second kappa shape index (κ2) is 5.67. The largest absolute Gasteiger partial charge is 0.398 e. The zero-order valence-electron chi connectivity index (χ0n) is 10.4. The van der Waals surface area contributed by atoms with Crippen LogP contribution in [0.15, 0.2) is 35.4 Å². The molecular formula is C13H16ClN3S. The lowest BCUT2D eigenvalue weighted by molar-refractivity contribution is 0.529. The molecule has 0 radical (unpaired) electrons. The highest BCUT2D eigenvalue weighted by atomic mass is 35.5. The van der Waals surface area contributed by atoms with E-state index in [4.69, 9.17) is 17.3 Å². The number of anilines is 1. The zero-order chi connectivity index (χ0) is 13.1. The van der Waals surface area contributed by atoms with Crippen molar-refractivity contribution in [1.82, 2.24) is 9.78 Å². The van der Waals surface area contributed by atoms with E-state index in [1.165, 1.54) is 0 Å². The van der Waals surface area contributed by atoms with Crippen LogP contribution in [-0.4, -0.2) is 9.78 Å². The van der Waals surface area contributed by atoms with Gasteiger partial charge in [0.2, 0.25) is 0 Å². The van der Waals surface area contributed by atoms with Crippen molar-refractivity contribution < 1.29 is 0 Å². The van der Waals surface area contributed by atoms with E-state index in [0.29, 0.717) is 16.8 Å². The van der Waals surface area contributed by atoms with Gasteiger partial charge in [-0.05, 0) is 38.1 Å². The third-order valence-electron chi connectivity index (χ3n) is 2.55. The van der Waals surface area contributed by atoms with E-state index in [2.05, 4.69) is 18.9 Å². The first kappa shape index (κ1) is 13.3. The van der Waals surface area contributed by atoms with Gasteiger partial charge in [0.1, 0.15) is 0 Å². The molecule has 3 nitrogen and oxygen atoms in total. The maximum atomic E-state index is 5.98. The van der Waals surface area contributed by atoms with Crippen molar-refractivity contribution in [3.63, 3.8) is 0 Å². The number of thioether (sulfide) groups is 1. The summed E-state index contributed by atoms with van der Waals surface area (Å²) in [5.41, 5.74) is 7.36. The highest BCUT2D eigenvalue weighted by Crippen LogP contribution is 2.28. The fourth-order valence-electron chi connectivity index (χ4n) is 1.50. The van der Waals surface area contributed by atoms with Gasteiger partial charge in [0.25, 0.3) is 0 Å². The average Bonchev–Trinajstić information content (AvgIpc) is 2.79. The molecule has 1 aromatic heterocycles. The van der Waals surface area contributed by atoms with Gasteiger partial charge in [0, 0.05) is 22.9 Å². The first-order valence-electron chi connectivity index (χ1n) is 5.78. The fraction of sp³-hybridized carbons (Fsp3) is 0.308. The van der Waals surface area contributed by atoms with Gasteiger partial charge in [-0.1, -0.05) is 11.6 Å². The van der Waals surface area contributed by atoms with Crippen LogP contribution in [0.25, 0.3) is 0 Å². The van der Waals surface area contributed by atoms with Gasteiger partial charge in [-0.2, -0.15) is 5.10 Å². The molecule has 2 N–H and O–H groups in total. The Bertz CT molecular complexity index is 537. The maximum Gasteiger partial charge on any atom is 0.0727 e. The minimum absolute atomic E-state index is 0.398. The molecule has 2 aromatic rings. The molecule has 0 fully saturated rings. The first-order valence-corrected chi connectivity index (χ1v) is 7.14. The van der Waals surface area contributed by atoms with Gasteiger partial charge < -0.3 is 5.73 Å². The van der Waals surface area contributed by atoms with Crippen molar-refractivity contribution in [2.24, 2.45) is 0 Å². The molecule has 0 atom stereocenters. The SMILES string of the molecule is CC(C)n1ccc(CSc2ccc(N)c(Cl)c2)n1. The monoisotopic (exact) mass is 281 g/mol. The Balaban J connectivity index is 2.00. The quantitative estimate of drug-likeness (QED) is 0.681. The molecule has 0 amide bonds. The molecule has 1 aromatic carbocycles. The molecule has 0 unspecified atom stereocenters. The summed E-state index contributed by atoms with van der Waals surface area (Å²) in [6, 6.07) is 8.14. The lowest BCUT2D eigenvalue weighted by atomic mass is 10.3. The van der Waals surface area contributed by atoms with E-state index in [0.717, 1.165) is 16.3 Å². The molecule has 0 spiro atoms. The molecule has 0 saturated heterocycles. The Morgan fingerprint density at radius 3 is 2.78 bits per heavy atom. The Morgan fingerprint density at radius 1 is 1.39 bits per heavy atom. The van der Waals surface area contributed by atoms with Crippen LogP contribution in [0.5, 0.6) is 0 Å². The van der Waals surface area contributed by atoms with Crippen LogP contribution in [0.2, 0.25) is 5.02 Å². The van der Waals surface area contributed by atoms with Gasteiger partial charge in [0.15, 0.2) is 0 Å². The van der Waals surface area contributed by atoms with Crippen molar-refractivity contribution in [3.8, 4) is 0 Å². The Morgan fingerprint density at radius 2 is 2.17 bits per heavy atom. The number of hydrogen-bond acceptors (Lipinski definition) is 3. The lowest BCUT2D eigenvalue weighted by Crippen LogP contribution is -2.01. The number of nitrogens with zero attached hydrogens (tertiary/aromatic N) is 2. The molecular weight excluding hydrogens is 266 g/mol. The van der Waals surface area contributed by atoms with E-state index in [1.807, 2.05) is 35.1 Å². The van der Waals surface area contributed by atoms with Crippen LogP contribution < -0.4 is 5.73 Å². The van der Waals surface area contributed by atoms with Crippen molar-refractivity contribution in [2.45, 2.75) is 30.5 Å². The van der Waals surface area contributed by atoms with Gasteiger partial charge >= 0.3 is 0 Å². The Hall–Kier alpha value is -1.13. The van der Waals surface area contributed by atoms with Crippen LogP contribution in [-0.2, 0) is 5.75 Å². The Kier molecular flexibility index (Phi) is 4.19. The molecule has 2 rings (SSSR count). The van der Waals surface area contributed by atoms with Crippen LogP contribution in [0.1, 0.15) is 25.6 Å². The summed E-state index contributed by atoms with van der Waals surface area (Å²) in [6.45, 7) is 4.23. The summed E-state index contributed by atoms with van der Waals surface area (Å²) < 4.78 is 1.96. The van der Waals surface area contributed by atoms with Crippen LogP contribution in [0.3, 0.4) is 0 Å². The van der Waals surface area contributed by atoms with E-state index < -0.39 is 0 Å². The summed E-state index contributed by atoms with van der Waals surface area (Å²) in [4.78, 5) is 1.10. The molecule has 0 aliphatic rings. The summed E-state index contributed by atoms with van der Waals surface area (Å²) >= 11 is 7.69. The predicted molar refractivity (Wildman–Crippen MR) is 78.0 cm³/mol. The second-order valence-electron chi connectivity index (χ2n) is 4.35. The van der Waals surface area contributed by atoms with Crippen molar-refractivity contribution in [3.05, 3.63) is 41.2 Å². The van der Waals surface area contributed by atoms with Gasteiger partial charge in [-0.25, -0.2) is 0 Å². The lowest BCUT2D eigenvalue weighted by Gasteiger charge is -2.04.